The molecule has 7 heteroatoms. The fourth-order valence-corrected chi connectivity index (χ4v) is 3.03. The lowest BCUT2D eigenvalue weighted by molar-refractivity contribution is -0.131. The lowest BCUT2D eigenvalue weighted by Gasteiger charge is -2.34. The molecule has 0 aliphatic carbocycles. The molecule has 1 amide bonds. The van der Waals surface area contributed by atoms with Crippen molar-refractivity contribution in [3.8, 4) is 0 Å². The van der Waals surface area contributed by atoms with Crippen molar-refractivity contribution in [3.63, 3.8) is 0 Å². The van der Waals surface area contributed by atoms with Crippen molar-refractivity contribution in [3.05, 3.63) is 17.5 Å². The summed E-state index contributed by atoms with van der Waals surface area (Å²) in [6.07, 6.45) is 2.47. The highest BCUT2D eigenvalue weighted by Crippen LogP contribution is 2.09. The summed E-state index contributed by atoms with van der Waals surface area (Å²) in [5.41, 5.74) is 2.21. The van der Waals surface area contributed by atoms with Gasteiger partial charge in [0, 0.05) is 65.5 Å². The van der Waals surface area contributed by atoms with Crippen LogP contribution in [0.1, 0.15) is 17.7 Å². The van der Waals surface area contributed by atoms with E-state index in [0.717, 1.165) is 37.4 Å². The van der Waals surface area contributed by atoms with Gasteiger partial charge in [0.25, 0.3) is 0 Å². The highest BCUT2D eigenvalue weighted by molar-refractivity contribution is 5.76. The summed E-state index contributed by atoms with van der Waals surface area (Å²) >= 11 is 0. The molecule has 1 aromatic heterocycles. The van der Waals surface area contributed by atoms with Crippen molar-refractivity contribution in [2.45, 2.75) is 25.9 Å². The van der Waals surface area contributed by atoms with Crippen LogP contribution < -0.4 is 0 Å². The van der Waals surface area contributed by atoms with E-state index in [1.807, 2.05) is 24.9 Å². The number of hydrogen-bond donors (Lipinski definition) is 1. The van der Waals surface area contributed by atoms with E-state index in [0.29, 0.717) is 25.9 Å². The molecular formula is C17H31N5O2. The van der Waals surface area contributed by atoms with Crippen LogP contribution in [0, 0.1) is 6.92 Å². The van der Waals surface area contributed by atoms with Crippen LogP contribution in [0.25, 0.3) is 0 Å². The number of carbonyl (C=O) groups is 1. The summed E-state index contributed by atoms with van der Waals surface area (Å²) in [5, 5.41) is 14.5. The number of aromatic nitrogens is 2. The zero-order chi connectivity index (χ0) is 17.7. The Kier molecular flexibility index (Phi) is 6.77. The molecule has 1 fully saturated rings. The number of aryl methyl sites for hydroxylation is 2. The van der Waals surface area contributed by atoms with Crippen molar-refractivity contribution in [1.29, 1.82) is 0 Å². The van der Waals surface area contributed by atoms with Crippen LogP contribution >= 0.6 is 0 Å². The predicted octanol–water partition coefficient (Wildman–Crippen LogP) is -0.272. The van der Waals surface area contributed by atoms with E-state index in [-0.39, 0.29) is 5.91 Å². The first-order chi connectivity index (χ1) is 11.4. The number of rotatable bonds is 7. The molecule has 2 rings (SSSR count). The molecule has 1 saturated heterocycles. The van der Waals surface area contributed by atoms with Crippen molar-refractivity contribution in [2.24, 2.45) is 7.05 Å². The van der Waals surface area contributed by atoms with E-state index in [1.165, 1.54) is 0 Å². The van der Waals surface area contributed by atoms with E-state index >= 15 is 0 Å². The molecular weight excluding hydrogens is 306 g/mol. The highest BCUT2D eigenvalue weighted by Gasteiger charge is 2.19. The smallest absolute Gasteiger partial charge is 0.222 e. The van der Waals surface area contributed by atoms with Gasteiger partial charge in [0.05, 0.1) is 12.3 Å². The minimum absolute atomic E-state index is 0.0654. The molecule has 1 atom stereocenters. The van der Waals surface area contributed by atoms with Crippen molar-refractivity contribution >= 4 is 5.91 Å². The Labute approximate surface area is 144 Å². The molecule has 0 radical (unpaired) electrons. The van der Waals surface area contributed by atoms with E-state index in [4.69, 9.17) is 0 Å². The number of β-amino-alcohol motifs (C(OH)–C–C–N with tert-alkyl or cyclic N) is 1. The van der Waals surface area contributed by atoms with Gasteiger partial charge < -0.3 is 14.9 Å². The lowest BCUT2D eigenvalue weighted by atomic mass is 10.1. The Hall–Kier alpha value is -1.44. The number of carbonyl (C=O) groups excluding carboxylic acids is 1. The van der Waals surface area contributed by atoms with Crippen molar-refractivity contribution in [2.75, 3.05) is 53.4 Å². The Balaban J connectivity index is 1.71. The maximum Gasteiger partial charge on any atom is 0.222 e. The first kappa shape index (κ1) is 18.9. The number of amides is 1. The molecule has 1 aliphatic rings. The molecule has 2 heterocycles. The van der Waals surface area contributed by atoms with Gasteiger partial charge in [0.15, 0.2) is 0 Å². The molecule has 0 saturated carbocycles. The van der Waals surface area contributed by atoms with Gasteiger partial charge in [-0.2, -0.15) is 5.10 Å². The second-order valence-electron chi connectivity index (χ2n) is 6.91. The Morgan fingerprint density at radius 2 is 2.00 bits per heavy atom. The van der Waals surface area contributed by atoms with E-state index in [2.05, 4.69) is 21.9 Å². The number of hydrogen-bond acceptors (Lipinski definition) is 5. The molecule has 7 nitrogen and oxygen atoms in total. The molecule has 0 spiro atoms. The first-order valence-electron chi connectivity index (χ1n) is 8.67. The summed E-state index contributed by atoms with van der Waals surface area (Å²) in [4.78, 5) is 18.5. The second kappa shape index (κ2) is 8.60. The Morgan fingerprint density at radius 1 is 1.33 bits per heavy atom. The molecule has 24 heavy (non-hydrogen) atoms. The quantitative estimate of drug-likeness (QED) is 0.742. The largest absolute Gasteiger partial charge is 0.390 e. The van der Waals surface area contributed by atoms with E-state index in [1.54, 1.807) is 11.9 Å². The van der Waals surface area contributed by atoms with Crippen LogP contribution in [0.15, 0.2) is 6.20 Å². The Morgan fingerprint density at radius 3 is 2.58 bits per heavy atom. The van der Waals surface area contributed by atoms with Crippen LogP contribution in [0.3, 0.4) is 0 Å². The van der Waals surface area contributed by atoms with Gasteiger partial charge in [-0.1, -0.05) is 0 Å². The molecule has 1 aliphatic heterocycles. The highest BCUT2D eigenvalue weighted by atomic mass is 16.3. The zero-order valence-electron chi connectivity index (χ0n) is 15.4. The van der Waals surface area contributed by atoms with Crippen molar-refractivity contribution < 1.29 is 9.90 Å². The van der Waals surface area contributed by atoms with Crippen LogP contribution in [0.5, 0.6) is 0 Å². The van der Waals surface area contributed by atoms with Crippen molar-refractivity contribution in [1.82, 2.24) is 24.5 Å². The predicted molar refractivity (Wildman–Crippen MR) is 93.8 cm³/mol. The third kappa shape index (κ3) is 5.29. The van der Waals surface area contributed by atoms with Gasteiger partial charge in [0.1, 0.15) is 0 Å². The lowest BCUT2D eigenvalue weighted by Crippen LogP contribution is -2.49. The molecule has 0 bridgehead atoms. The van der Waals surface area contributed by atoms with Gasteiger partial charge in [-0.25, -0.2) is 0 Å². The maximum absolute atomic E-state index is 12.3. The third-order valence-electron chi connectivity index (χ3n) is 4.92. The average Bonchev–Trinajstić information content (AvgIpc) is 2.86. The number of aliphatic hydroxyl groups excluding tert-OH is 1. The first-order valence-corrected chi connectivity index (χ1v) is 8.67. The van der Waals surface area contributed by atoms with Gasteiger partial charge in [-0.3, -0.25) is 14.4 Å². The molecule has 0 aromatic carbocycles. The molecule has 136 valence electrons. The maximum atomic E-state index is 12.3. The fraction of sp³-hybridized carbons (Fsp3) is 0.765. The average molecular weight is 337 g/mol. The minimum atomic E-state index is -0.498. The standard InChI is InChI=1S/C17H31N5O2/c1-14-15(11-18-21(14)4)5-6-17(24)20(3)12-16(23)13-22-9-7-19(2)8-10-22/h11,16,23H,5-10,12-13H2,1-4H3. The normalized spacial score (nSPS) is 17.9. The zero-order valence-corrected chi connectivity index (χ0v) is 15.4. The number of likely N-dealkylation sites (N-methyl/N-ethyl adjacent to an activating group) is 2. The summed E-state index contributed by atoms with van der Waals surface area (Å²) in [7, 11) is 5.79. The van der Waals surface area contributed by atoms with Gasteiger partial charge in [0.2, 0.25) is 5.91 Å². The summed E-state index contributed by atoms with van der Waals surface area (Å²) < 4.78 is 1.82. The van der Waals surface area contributed by atoms with E-state index < -0.39 is 6.10 Å². The van der Waals surface area contributed by atoms with Crippen LogP contribution in [-0.2, 0) is 18.3 Å². The summed E-state index contributed by atoms with van der Waals surface area (Å²) in [6.45, 7) is 7.05. The topological polar surface area (TPSA) is 64.8 Å². The SMILES string of the molecule is Cc1c(CCC(=O)N(C)CC(O)CN2CCN(C)CC2)cnn1C. The van der Waals surface area contributed by atoms with Gasteiger partial charge >= 0.3 is 0 Å². The van der Waals surface area contributed by atoms with Crippen LogP contribution in [0.4, 0.5) is 0 Å². The fourth-order valence-electron chi connectivity index (χ4n) is 3.03. The van der Waals surface area contributed by atoms with E-state index in [9.17, 15) is 9.90 Å². The monoisotopic (exact) mass is 337 g/mol. The number of piperazine rings is 1. The third-order valence-corrected chi connectivity index (χ3v) is 4.92. The molecule has 1 aromatic rings. The minimum Gasteiger partial charge on any atom is -0.390 e. The Bertz CT molecular complexity index is 537. The number of nitrogens with zero attached hydrogens (tertiary/aromatic N) is 5. The van der Waals surface area contributed by atoms with Crippen LogP contribution in [-0.4, -0.2) is 95.0 Å². The summed E-state index contributed by atoms with van der Waals surface area (Å²) in [5.74, 6) is 0.0654. The second-order valence-corrected chi connectivity index (χ2v) is 6.91. The van der Waals surface area contributed by atoms with Crippen LogP contribution in [0.2, 0.25) is 0 Å². The van der Waals surface area contributed by atoms with Gasteiger partial charge in [-0.05, 0) is 26.0 Å². The number of aliphatic hydroxyl groups is 1. The summed E-state index contributed by atoms with van der Waals surface area (Å²) in [6, 6.07) is 0. The van der Waals surface area contributed by atoms with Gasteiger partial charge in [-0.15, -0.1) is 0 Å². The molecule has 1 N–H and O–H groups in total. The molecule has 1 unspecified atom stereocenters.